The highest BCUT2D eigenvalue weighted by molar-refractivity contribution is 5.35. The van der Waals surface area contributed by atoms with E-state index in [2.05, 4.69) is 15.3 Å². The van der Waals surface area contributed by atoms with E-state index in [1.165, 1.54) is 0 Å². The summed E-state index contributed by atoms with van der Waals surface area (Å²) in [5.41, 5.74) is 6.04. The normalized spacial score (nSPS) is 25.4. The fourth-order valence-electron chi connectivity index (χ4n) is 1.90. The van der Waals surface area contributed by atoms with Gasteiger partial charge in [0.2, 0.25) is 5.95 Å². The van der Waals surface area contributed by atoms with Crippen LogP contribution in [0.5, 0.6) is 0 Å². The molecule has 82 valence electrons. The quantitative estimate of drug-likeness (QED) is 0.678. The van der Waals surface area contributed by atoms with E-state index >= 15 is 0 Å². The highest BCUT2D eigenvalue weighted by Crippen LogP contribution is 2.25. The van der Waals surface area contributed by atoms with Crippen molar-refractivity contribution in [2.24, 2.45) is 5.92 Å². The second-order valence-electron chi connectivity index (χ2n) is 4.05. The molecule has 1 heterocycles. The van der Waals surface area contributed by atoms with Gasteiger partial charge in [0.25, 0.3) is 0 Å². The van der Waals surface area contributed by atoms with E-state index in [-0.39, 0.29) is 6.10 Å². The number of hydrogen-bond donors (Lipinski definition) is 3. The van der Waals surface area contributed by atoms with Gasteiger partial charge in [-0.05, 0) is 25.2 Å². The molecule has 5 nitrogen and oxygen atoms in total. The van der Waals surface area contributed by atoms with Crippen LogP contribution in [0.3, 0.4) is 0 Å². The Morgan fingerprint density at radius 1 is 1.40 bits per heavy atom. The summed E-state index contributed by atoms with van der Waals surface area (Å²) in [5, 5.41) is 12.5. The predicted octanol–water partition coefficient (Wildman–Crippen LogP) is 0.632. The molecule has 1 aromatic heterocycles. The minimum Gasteiger partial charge on any atom is -0.396 e. The van der Waals surface area contributed by atoms with Gasteiger partial charge >= 0.3 is 0 Å². The van der Waals surface area contributed by atoms with Crippen LogP contribution in [-0.2, 0) is 0 Å². The molecule has 5 heteroatoms. The van der Waals surface area contributed by atoms with Gasteiger partial charge in [0.15, 0.2) is 0 Å². The summed E-state index contributed by atoms with van der Waals surface area (Å²) in [4.78, 5) is 8.10. The molecule has 2 rings (SSSR count). The minimum atomic E-state index is -0.121. The third-order valence-electron chi connectivity index (χ3n) is 2.73. The van der Waals surface area contributed by atoms with Crippen LogP contribution in [0.25, 0.3) is 0 Å². The van der Waals surface area contributed by atoms with E-state index < -0.39 is 0 Å². The zero-order chi connectivity index (χ0) is 10.7. The standard InChI is InChI=1S/C10H16N4O/c11-8-5-13-10(14-6-8)12-4-7-1-2-9(15)3-7/h5-7,9,15H,1-4,11H2,(H,12,13,14). The van der Waals surface area contributed by atoms with Gasteiger partial charge in [-0.1, -0.05) is 0 Å². The SMILES string of the molecule is Nc1cnc(NCC2CCC(O)C2)nc1. The van der Waals surface area contributed by atoms with Crippen molar-refractivity contribution >= 4 is 11.6 Å². The molecular weight excluding hydrogens is 192 g/mol. The number of aromatic nitrogens is 2. The molecule has 1 aliphatic carbocycles. The predicted molar refractivity (Wildman–Crippen MR) is 58.3 cm³/mol. The molecule has 2 unspecified atom stereocenters. The minimum absolute atomic E-state index is 0.121. The van der Waals surface area contributed by atoms with Gasteiger partial charge in [-0.25, -0.2) is 9.97 Å². The van der Waals surface area contributed by atoms with Crippen LogP contribution in [0.1, 0.15) is 19.3 Å². The number of aliphatic hydroxyl groups excluding tert-OH is 1. The molecule has 4 N–H and O–H groups in total. The molecule has 0 radical (unpaired) electrons. The summed E-state index contributed by atoms with van der Waals surface area (Å²) in [6.45, 7) is 0.820. The van der Waals surface area contributed by atoms with Crippen molar-refractivity contribution in [2.75, 3.05) is 17.6 Å². The molecule has 1 fully saturated rings. The maximum Gasteiger partial charge on any atom is 0.222 e. The molecule has 1 aliphatic rings. The number of anilines is 2. The molecule has 2 atom stereocenters. The molecule has 0 aliphatic heterocycles. The van der Waals surface area contributed by atoms with E-state index in [4.69, 9.17) is 5.73 Å². The van der Waals surface area contributed by atoms with Gasteiger partial charge in [0.05, 0.1) is 24.2 Å². The zero-order valence-corrected chi connectivity index (χ0v) is 8.56. The topological polar surface area (TPSA) is 84.1 Å². The second-order valence-corrected chi connectivity index (χ2v) is 4.05. The van der Waals surface area contributed by atoms with Crippen molar-refractivity contribution in [3.8, 4) is 0 Å². The number of nitrogens with two attached hydrogens (primary N) is 1. The molecule has 0 bridgehead atoms. The lowest BCUT2D eigenvalue weighted by molar-refractivity contribution is 0.178. The van der Waals surface area contributed by atoms with Crippen LogP contribution in [-0.4, -0.2) is 27.7 Å². The number of aliphatic hydroxyl groups is 1. The van der Waals surface area contributed by atoms with Crippen LogP contribution < -0.4 is 11.1 Å². The van der Waals surface area contributed by atoms with Gasteiger partial charge in [-0.15, -0.1) is 0 Å². The first-order valence-electron chi connectivity index (χ1n) is 5.23. The molecular formula is C10H16N4O. The summed E-state index contributed by atoms with van der Waals surface area (Å²) in [7, 11) is 0. The van der Waals surface area contributed by atoms with Gasteiger partial charge in [0, 0.05) is 6.54 Å². The number of hydrogen-bond acceptors (Lipinski definition) is 5. The van der Waals surface area contributed by atoms with Gasteiger partial charge in [-0.3, -0.25) is 0 Å². The highest BCUT2D eigenvalue weighted by atomic mass is 16.3. The second kappa shape index (κ2) is 4.44. The van der Waals surface area contributed by atoms with Crippen LogP contribution in [0.15, 0.2) is 12.4 Å². The van der Waals surface area contributed by atoms with Crippen molar-refractivity contribution in [2.45, 2.75) is 25.4 Å². The largest absolute Gasteiger partial charge is 0.396 e. The first-order chi connectivity index (χ1) is 7.24. The summed E-state index contributed by atoms with van der Waals surface area (Å²) >= 11 is 0. The van der Waals surface area contributed by atoms with Crippen molar-refractivity contribution < 1.29 is 5.11 Å². The Kier molecular flexibility index (Phi) is 3.01. The first kappa shape index (κ1) is 10.2. The van der Waals surface area contributed by atoms with Gasteiger partial charge < -0.3 is 16.2 Å². The van der Waals surface area contributed by atoms with Crippen molar-refractivity contribution in [3.05, 3.63) is 12.4 Å². The van der Waals surface area contributed by atoms with Gasteiger partial charge in [0.1, 0.15) is 0 Å². The van der Waals surface area contributed by atoms with Gasteiger partial charge in [-0.2, -0.15) is 0 Å². The Hall–Kier alpha value is -1.36. The Balaban J connectivity index is 1.80. The number of nitrogens with one attached hydrogen (secondary N) is 1. The molecule has 0 amide bonds. The lowest BCUT2D eigenvalue weighted by Gasteiger charge is -2.10. The Labute approximate surface area is 88.7 Å². The smallest absolute Gasteiger partial charge is 0.222 e. The van der Waals surface area contributed by atoms with Crippen LogP contribution in [0.2, 0.25) is 0 Å². The third-order valence-corrected chi connectivity index (χ3v) is 2.73. The third kappa shape index (κ3) is 2.79. The van der Waals surface area contributed by atoms with E-state index in [1.54, 1.807) is 12.4 Å². The first-order valence-corrected chi connectivity index (χ1v) is 5.23. The molecule has 15 heavy (non-hydrogen) atoms. The summed E-state index contributed by atoms with van der Waals surface area (Å²) in [6, 6.07) is 0. The number of rotatable bonds is 3. The molecule has 0 saturated heterocycles. The van der Waals surface area contributed by atoms with Crippen molar-refractivity contribution in [1.82, 2.24) is 9.97 Å². The lowest BCUT2D eigenvalue weighted by Crippen LogP contribution is -2.14. The average molecular weight is 208 g/mol. The monoisotopic (exact) mass is 208 g/mol. The van der Waals surface area contributed by atoms with E-state index in [1.807, 2.05) is 0 Å². The Bertz CT molecular complexity index is 314. The van der Waals surface area contributed by atoms with Crippen LogP contribution in [0.4, 0.5) is 11.6 Å². The lowest BCUT2D eigenvalue weighted by atomic mass is 10.1. The van der Waals surface area contributed by atoms with E-state index in [0.29, 0.717) is 17.6 Å². The molecule has 0 aromatic carbocycles. The molecule has 0 spiro atoms. The number of nitrogen functional groups attached to an aromatic ring is 1. The summed E-state index contributed by atoms with van der Waals surface area (Å²) < 4.78 is 0. The fraction of sp³-hybridized carbons (Fsp3) is 0.600. The van der Waals surface area contributed by atoms with E-state index in [0.717, 1.165) is 25.8 Å². The number of nitrogens with zero attached hydrogens (tertiary/aromatic N) is 2. The van der Waals surface area contributed by atoms with E-state index in [9.17, 15) is 5.11 Å². The fourth-order valence-corrected chi connectivity index (χ4v) is 1.90. The molecule has 1 aromatic rings. The van der Waals surface area contributed by atoms with Crippen LogP contribution >= 0.6 is 0 Å². The molecule has 1 saturated carbocycles. The highest BCUT2D eigenvalue weighted by Gasteiger charge is 2.22. The Morgan fingerprint density at radius 2 is 2.13 bits per heavy atom. The summed E-state index contributed by atoms with van der Waals surface area (Å²) in [5.74, 6) is 1.13. The van der Waals surface area contributed by atoms with Crippen molar-refractivity contribution in [1.29, 1.82) is 0 Å². The Morgan fingerprint density at radius 3 is 2.73 bits per heavy atom. The van der Waals surface area contributed by atoms with Crippen LogP contribution in [0, 0.1) is 5.92 Å². The summed E-state index contributed by atoms with van der Waals surface area (Å²) in [6.07, 6.45) is 5.90. The maximum atomic E-state index is 9.36. The maximum absolute atomic E-state index is 9.36. The van der Waals surface area contributed by atoms with Crippen molar-refractivity contribution in [3.63, 3.8) is 0 Å². The average Bonchev–Trinajstić information content (AvgIpc) is 2.64. The zero-order valence-electron chi connectivity index (χ0n) is 8.56.